The van der Waals surface area contributed by atoms with Gasteiger partial charge in [-0.05, 0) is 48.9 Å². The Labute approximate surface area is 122 Å². The van der Waals surface area contributed by atoms with Crippen molar-refractivity contribution in [1.29, 1.82) is 0 Å². The van der Waals surface area contributed by atoms with Crippen LogP contribution in [0.2, 0.25) is 0 Å². The molecule has 1 heterocycles. The Balaban J connectivity index is 1.81. The second kappa shape index (κ2) is 5.28. The molecule has 0 saturated heterocycles. The first-order valence-corrected chi connectivity index (χ1v) is 6.57. The van der Waals surface area contributed by atoms with E-state index in [2.05, 4.69) is 15.3 Å². The maximum Gasteiger partial charge on any atom is 0.257 e. The molecule has 0 bridgehead atoms. The number of aromatic nitrogens is 2. The van der Waals surface area contributed by atoms with Crippen molar-refractivity contribution in [3.8, 4) is 5.75 Å². The van der Waals surface area contributed by atoms with Crippen molar-refractivity contribution in [3.63, 3.8) is 0 Å². The quantitative estimate of drug-likeness (QED) is 0.775. The van der Waals surface area contributed by atoms with E-state index in [4.69, 9.17) is 4.74 Å². The standard InChI is InChI=1S/C16H15N3O2/c1-10-3-8-13-14(9-10)18-16(17-13)19-15(20)11-4-6-12(21-2)7-5-11/h3-9H,1-2H3,(H2,17,18,19,20). The number of hydrogen-bond acceptors (Lipinski definition) is 3. The molecule has 106 valence electrons. The molecule has 5 nitrogen and oxygen atoms in total. The van der Waals surface area contributed by atoms with Crippen molar-refractivity contribution in [2.75, 3.05) is 12.4 Å². The Morgan fingerprint density at radius 1 is 1.19 bits per heavy atom. The van der Waals surface area contributed by atoms with Gasteiger partial charge in [-0.1, -0.05) is 6.07 Å². The first-order valence-electron chi connectivity index (χ1n) is 6.57. The second-order valence-electron chi connectivity index (χ2n) is 4.79. The molecule has 0 spiro atoms. The fraction of sp³-hybridized carbons (Fsp3) is 0.125. The van der Waals surface area contributed by atoms with E-state index in [0.29, 0.717) is 17.3 Å². The fourth-order valence-corrected chi connectivity index (χ4v) is 2.10. The number of aryl methyl sites for hydroxylation is 1. The third-order valence-electron chi connectivity index (χ3n) is 3.22. The van der Waals surface area contributed by atoms with E-state index in [0.717, 1.165) is 16.6 Å². The molecule has 0 fully saturated rings. The van der Waals surface area contributed by atoms with Crippen LogP contribution in [-0.4, -0.2) is 23.0 Å². The lowest BCUT2D eigenvalue weighted by atomic mass is 10.2. The lowest BCUT2D eigenvalue weighted by Gasteiger charge is -2.03. The van der Waals surface area contributed by atoms with Crippen LogP contribution in [0.15, 0.2) is 42.5 Å². The van der Waals surface area contributed by atoms with E-state index in [1.807, 2.05) is 25.1 Å². The van der Waals surface area contributed by atoms with E-state index in [9.17, 15) is 4.79 Å². The number of ether oxygens (including phenoxy) is 1. The van der Waals surface area contributed by atoms with Crippen LogP contribution in [0, 0.1) is 6.92 Å². The predicted octanol–water partition coefficient (Wildman–Crippen LogP) is 3.13. The summed E-state index contributed by atoms with van der Waals surface area (Å²) in [5, 5.41) is 2.76. The highest BCUT2D eigenvalue weighted by molar-refractivity contribution is 6.04. The number of carbonyl (C=O) groups is 1. The highest BCUT2D eigenvalue weighted by Crippen LogP contribution is 2.17. The maximum atomic E-state index is 12.1. The van der Waals surface area contributed by atoms with E-state index in [1.54, 1.807) is 31.4 Å². The van der Waals surface area contributed by atoms with Crippen LogP contribution >= 0.6 is 0 Å². The van der Waals surface area contributed by atoms with Gasteiger partial charge in [0.1, 0.15) is 5.75 Å². The zero-order valence-corrected chi connectivity index (χ0v) is 11.8. The summed E-state index contributed by atoms with van der Waals surface area (Å²) in [6.07, 6.45) is 0. The zero-order valence-electron chi connectivity index (χ0n) is 11.8. The molecule has 3 rings (SSSR count). The number of rotatable bonds is 3. The smallest absolute Gasteiger partial charge is 0.257 e. The number of amides is 1. The number of benzene rings is 2. The Hall–Kier alpha value is -2.82. The van der Waals surface area contributed by atoms with Crippen LogP contribution in [0.4, 0.5) is 5.95 Å². The Kier molecular flexibility index (Phi) is 3.31. The van der Waals surface area contributed by atoms with Crippen molar-refractivity contribution in [1.82, 2.24) is 9.97 Å². The van der Waals surface area contributed by atoms with Crippen molar-refractivity contribution in [2.24, 2.45) is 0 Å². The molecule has 0 aliphatic rings. The molecule has 0 radical (unpaired) electrons. The molecule has 2 N–H and O–H groups in total. The van der Waals surface area contributed by atoms with Gasteiger partial charge in [-0.15, -0.1) is 0 Å². The Morgan fingerprint density at radius 2 is 1.95 bits per heavy atom. The molecular weight excluding hydrogens is 266 g/mol. The molecule has 3 aromatic rings. The number of imidazole rings is 1. The van der Waals surface area contributed by atoms with Gasteiger partial charge in [-0.3, -0.25) is 10.1 Å². The van der Waals surface area contributed by atoms with Crippen LogP contribution in [0.3, 0.4) is 0 Å². The largest absolute Gasteiger partial charge is 0.497 e. The number of nitrogens with zero attached hydrogens (tertiary/aromatic N) is 1. The summed E-state index contributed by atoms with van der Waals surface area (Å²) in [6, 6.07) is 12.8. The van der Waals surface area contributed by atoms with Gasteiger partial charge in [0.25, 0.3) is 5.91 Å². The summed E-state index contributed by atoms with van der Waals surface area (Å²) in [7, 11) is 1.59. The zero-order chi connectivity index (χ0) is 14.8. The van der Waals surface area contributed by atoms with E-state index in [1.165, 1.54) is 0 Å². The third kappa shape index (κ3) is 2.72. The van der Waals surface area contributed by atoms with Crippen LogP contribution in [0.25, 0.3) is 11.0 Å². The van der Waals surface area contributed by atoms with E-state index >= 15 is 0 Å². The highest BCUT2D eigenvalue weighted by Gasteiger charge is 2.09. The van der Waals surface area contributed by atoms with Gasteiger partial charge >= 0.3 is 0 Å². The highest BCUT2D eigenvalue weighted by atomic mass is 16.5. The second-order valence-corrected chi connectivity index (χ2v) is 4.79. The number of hydrogen-bond donors (Lipinski definition) is 2. The lowest BCUT2D eigenvalue weighted by Crippen LogP contribution is -2.12. The molecule has 21 heavy (non-hydrogen) atoms. The molecule has 1 aromatic heterocycles. The number of fused-ring (bicyclic) bond motifs is 1. The third-order valence-corrected chi connectivity index (χ3v) is 3.22. The number of anilines is 1. The number of carbonyl (C=O) groups excluding carboxylic acids is 1. The minimum absolute atomic E-state index is 0.214. The van der Waals surface area contributed by atoms with Crippen molar-refractivity contribution in [2.45, 2.75) is 6.92 Å². The average Bonchev–Trinajstić information content (AvgIpc) is 2.88. The summed E-state index contributed by atoms with van der Waals surface area (Å²) in [5.41, 5.74) is 3.41. The Bertz CT molecular complexity index is 791. The summed E-state index contributed by atoms with van der Waals surface area (Å²) in [4.78, 5) is 19.6. The summed E-state index contributed by atoms with van der Waals surface area (Å²) in [5.74, 6) is 0.940. The van der Waals surface area contributed by atoms with Crippen molar-refractivity contribution in [3.05, 3.63) is 53.6 Å². The first-order chi connectivity index (χ1) is 10.2. The molecule has 1 amide bonds. The van der Waals surface area contributed by atoms with Crippen LogP contribution in [0.5, 0.6) is 5.75 Å². The Morgan fingerprint density at radius 3 is 2.67 bits per heavy atom. The van der Waals surface area contributed by atoms with Gasteiger partial charge in [0.2, 0.25) is 5.95 Å². The molecular formula is C16H15N3O2. The first kappa shape index (κ1) is 13.2. The fourth-order valence-electron chi connectivity index (χ4n) is 2.10. The summed E-state index contributed by atoms with van der Waals surface area (Å²) < 4.78 is 5.07. The minimum atomic E-state index is -0.214. The molecule has 0 aliphatic heterocycles. The minimum Gasteiger partial charge on any atom is -0.497 e. The molecule has 0 unspecified atom stereocenters. The number of methoxy groups -OCH3 is 1. The topological polar surface area (TPSA) is 67.0 Å². The molecule has 5 heteroatoms. The van der Waals surface area contributed by atoms with Crippen molar-refractivity contribution >= 4 is 22.9 Å². The SMILES string of the molecule is COc1ccc(C(=O)Nc2nc3ccc(C)cc3[nH]2)cc1. The van der Waals surface area contributed by atoms with E-state index < -0.39 is 0 Å². The lowest BCUT2D eigenvalue weighted by molar-refractivity contribution is 0.102. The molecule has 0 atom stereocenters. The summed E-state index contributed by atoms with van der Waals surface area (Å²) >= 11 is 0. The van der Waals surface area contributed by atoms with Gasteiger partial charge < -0.3 is 9.72 Å². The number of H-pyrrole nitrogens is 1. The predicted molar refractivity (Wildman–Crippen MR) is 81.8 cm³/mol. The van der Waals surface area contributed by atoms with Crippen LogP contribution < -0.4 is 10.1 Å². The molecule has 0 aliphatic carbocycles. The monoisotopic (exact) mass is 281 g/mol. The number of nitrogens with one attached hydrogen (secondary N) is 2. The van der Waals surface area contributed by atoms with Crippen LogP contribution in [-0.2, 0) is 0 Å². The van der Waals surface area contributed by atoms with Gasteiger partial charge in [0.05, 0.1) is 18.1 Å². The van der Waals surface area contributed by atoms with Gasteiger partial charge in [0.15, 0.2) is 0 Å². The molecule has 2 aromatic carbocycles. The van der Waals surface area contributed by atoms with Gasteiger partial charge in [0, 0.05) is 5.56 Å². The van der Waals surface area contributed by atoms with Crippen LogP contribution in [0.1, 0.15) is 15.9 Å². The summed E-state index contributed by atoms with van der Waals surface area (Å²) in [6.45, 7) is 2.01. The van der Waals surface area contributed by atoms with Gasteiger partial charge in [-0.25, -0.2) is 4.98 Å². The van der Waals surface area contributed by atoms with E-state index in [-0.39, 0.29) is 5.91 Å². The normalized spacial score (nSPS) is 10.6. The maximum absolute atomic E-state index is 12.1. The molecule has 0 saturated carbocycles. The average molecular weight is 281 g/mol. The van der Waals surface area contributed by atoms with Crippen molar-refractivity contribution < 1.29 is 9.53 Å². The number of aromatic amines is 1. The van der Waals surface area contributed by atoms with Gasteiger partial charge in [-0.2, -0.15) is 0 Å².